The maximum absolute atomic E-state index is 12.7. The zero-order chi connectivity index (χ0) is 20.1. The molecule has 2 amide bonds. The number of hydrogen-bond acceptors (Lipinski definition) is 5. The molecule has 0 aliphatic carbocycles. The first-order valence-corrected chi connectivity index (χ1v) is 9.83. The summed E-state index contributed by atoms with van der Waals surface area (Å²) in [6, 6.07) is 13.8. The average molecular weight is 391 g/mol. The van der Waals surface area contributed by atoms with E-state index in [4.69, 9.17) is 0 Å². The fourth-order valence-electron chi connectivity index (χ4n) is 3.64. The standard InChI is InChI=1S/C21H25N7O/c1-26(19-8-4-12-27(16-19)20-9-3-10-23-25-20)21(29)22-15-17-6-2-7-18(14-17)28-13-5-11-24-28/h2-3,5-7,9-11,13-14,19H,4,8,12,15-16H2,1H3,(H,22,29)/t19-/m1/s1. The monoisotopic (exact) mass is 391 g/mol. The van der Waals surface area contributed by atoms with Crippen molar-refractivity contribution >= 4 is 11.8 Å². The summed E-state index contributed by atoms with van der Waals surface area (Å²) >= 11 is 0. The number of anilines is 1. The Morgan fingerprint density at radius 2 is 2.17 bits per heavy atom. The molecule has 1 N–H and O–H groups in total. The minimum absolute atomic E-state index is 0.0690. The van der Waals surface area contributed by atoms with E-state index in [0.29, 0.717) is 6.54 Å². The summed E-state index contributed by atoms with van der Waals surface area (Å²) in [6.07, 6.45) is 7.32. The van der Waals surface area contributed by atoms with E-state index in [2.05, 4.69) is 25.5 Å². The smallest absolute Gasteiger partial charge is 0.317 e. The second kappa shape index (κ2) is 8.72. The molecule has 2 aromatic heterocycles. The number of aromatic nitrogens is 4. The van der Waals surface area contributed by atoms with E-state index >= 15 is 0 Å². The lowest BCUT2D eigenvalue weighted by Gasteiger charge is -2.37. The number of carbonyl (C=O) groups excluding carboxylic acids is 1. The lowest BCUT2D eigenvalue weighted by Crippen LogP contribution is -2.51. The van der Waals surface area contributed by atoms with Crippen LogP contribution in [0.2, 0.25) is 0 Å². The summed E-state index contributed by atoms with van der Waals surface area (Å²) in [6.45, 7) is 2.17. The Kier molecular flexibility index (Phi) is 5.69. The highest BCUT2D eigenvalue weighted by Gasteiger charge is 2.26. The van der Waals surface area contributed by atoms with Crippen LogP contribution in [0.25, 0.3) is 5.69 Å². The van der Waals surface area contributed by atoms with Gasteiger partial charge < -0.3 is 15.1 Å². The van der Waals surface area contributed by atoms with Crippen molar-refractivity contribution in [2.75, 3.05) is 25.0 Å². The van der Waals surface area contributed by atoms with Crippen LogP contribution in [-0.2, 0) is 6.54 Å². The van der Waals surface area contributed by atoms with Gasteiger partial charge in [0.15, 0.2) is 5.82 Å². The molecule has 0 bridgehead atoms. The number of benzene rings is 1. The van der Waals surface area contributed by atoms with Crippen molar-refractivity contribution in [2.24, 2.45) is 0 Å². The molecule has 3 aromatic rings. The third kappa shape index (κ3) is 4.53. The van der Waals surface area contributed by atoms with E-state index in [1.807, 2.05) is 55.7 Å². The first-order chi connectivity index (χ1) is 14.2. The maximum Gasteiger partial charge on any atom is 0.317 e. The fourth-order valence-corrected chi connectivity index (χ4v) is 3.64. The van der Waals surface area contributed by atoms with Crippen LogP contribution in [0, 0.1) is 0 Å². The van der Waals surface area contributed by atoms with E-state index < -0.39 is 0 Å². The normalized spacial score (nSPS) is 16.4. The van der Waals surface area contributed by atoms with Gasteiger partial charge in [-0.05, 0) is 48.7 Å². The van der Waals surface area contributed by atoms with Crippen molar-refractivity contribution in [3.05, 3.63) is 66.6 Å². The Morgan fingerprint density at radius 1 is 1.24 bits per heavy atom. The third-order valence-electron chi connectivity index (χ3n) is 5.27. The molecule has 8 heteroatoms. The molecule has 8 nitrogen and oxygen atoms in total. The zero-order valence-electron chi connectivity index (χ0n) is 16.5. The van der Waals surface area contributed by atoms with Crippen molar-refractivity contribution in [3.63, 3.8) is 0 Å². The van der Waals surface area contributed by atoms with Gasteiger partial charge in [0.2, 0.25) is 0 Å². The zero-order valence-corrected chi connectivity index (χ0v) is 16.5. The summed E-state index contributed by atoms with van der Waals surface area (Å²) < 4.78 is 1.81. The van der Waals surface area contributed by atoms with Crippen molar-refractivity contribution in [1.82, 2.24) is 30.2 Å². The molecule has 29 heavy (non-hydrogen) atoms. The van der Waals surface area contributed by atoms with Gasteiger partial charge in [0.1, 0.15) is 0 Å². The van der Waals surface area contributed by atoms with Gasteiger partial charge in [-0.1, -0.05) is 12.1 Å². The van der Waals surface area contributed by atoms with Gasteiger partial charge in [-0.15, -0.1) is 5.10 Å². The van der Waals surface area contributed by atoms with Gasteiger partial charge in [-0.2, -0.15) is 10.2 Å². The predicted molar refractivity (Wildman–Crippen MR) is 111 cm³/mol. The minimum atomic E-state index is -0.0690. The highest BCUT2D eigenvalue weighted by atomic mass is 16.2. The summed E-state index contributed by atoms with van der Waals surface area (Å²) in [7, 11) is 1.86. The van der Waals surface area contributed by atoms with Gasteiger partial charge in [-0.3, -0.25) is 0 Å². The molecule has 0 radical (unpaired) electrons. The Morgan fingerprint density at radius 3 is 2.97 bits per heavy atom. The number of hydrogen-bond donors (Lipinski definition) is 1. The Bertz CT molecular complexity index is 929. The number of nitrogens with zero attached hydrogens (tertiary/aromatic N) is 6. The molecule has 1 fully saturated rings. The van der Waals surface area contributed by atoms with Crippen molar-refractivity contribution in [1.29, 1.82) is 0 Å². The number of piperidine rings is 1. The summed E-state index contributed by atoms with van der Waals surface area (Å²) in [4.78, 5) is 16.7. The Hall–Kier alpha value is -3.42. The SMILES string of the molecule is CN(C(=O)NCc1cccc(-n2cccn2)c1)[C@@H]1CCCN(c2cccnn2)C1. The lowest BCUT2D eigenvalue weighted by atomic mass is 10.0. The molecular formula is C21H25N7O. The number of rotatable bonds is 5. The van der Waals surface area contributed by atoms with E-state index in [-0.39, 0.29) is 12.1 Å². The molecule has 4 rings (SSSR count). The Labute approximate surface area is 170 Å². The lowest BCUT2D eigenvalue weighted by molar-refractivity contribution is 0.182. The van der Waals surface area contributed by atoms with Gasteiger partial charge in [-0.25, -0.2) is 9.48 Å². The number of amides is 2. The quantitative estimate of drug-likeness (QED) is 0.723. The molecule has 1 aliphatic rings. The van der Waals surface area contributed by atoms with Crippen LogP contribution in [0.4, 0.5) is 10.6 Å². The van der Waals surface area contributed by atoms with E-state index in [0.717, 1.165) is 43.0 Å². The van der Waals surface area contributed by atoms with E-state index in [1.165, 1.54) is 0 Å². The number of carbonyl (C=O) groups is 1. The van der Waals surface area contributed by atoms with Crippen LogP contribution in [0.15, 0.2) is 61.1 Å². The molecule has 0 spiro atoms. The second-order valence-electron chi connectivity index (χ2n) is 7.21. The minimum Gasteiger partial charge on any atom is -0.353 e. The molecule has 1 atom stereocenters. The maximum atomic E-state index is 12.7. The first-order valence-electron chi connectivity index (χ1n) is 9.83. The topological polar surface area (TPSA) is 79.2 Å². The number of likely N-dealkylation sites (N-methyl/N-ethyl adjacent to an activating group) is 1. The first kappa shape index (κ1) is 18.9. The highest BCUT2D eigenvalue weighted by Crippen LogP contribution is 2.19. The van der Waals surface area contributed by atoms with Crippen LogP contribution in [-0.4, -0.2) is 57.1 Å². The number of urea groups is 1. The molecule has 1 aromatic carbocycles. The summed E-state index contributed by atoms with van der Waals surface area (Å²) in [5, 5.41) is 15.4. The van der Waals surface area contributed by atoms with Gasteiger partial charge in [0.25, 0.3) is 0 Å². The van der Waals surface area contributed by atoms with Gasteiger partial charge >= 0.3 is 6.03 Å². The van der Waals surface area contributed by atoms with Gasteiger partial charge in [0.05, 0.1) is 11.7 Å². The van der Waals surface area contributed by atoms with Crippen LogP contribution >= 0.6 is 0 Å². The number of nitrogens with one attached hydrogen (secondary N) is 1. The average Bonchev–Trinajstić information content (AvgIpc) is 3.33. The summed E-state index contributed by atoms with van der Waals surface area (Å²) in [5.41, 5.74) is 2.01. The van der Waals surface area contributed by atoms with Crippen LogP contribution < -0.4 is 10.2 Å². The molecule has 0 unspecified atom stereocenters. The van der Waals surface area contributed by atoms with E-state index in [9.17, 15) is 4.79 Å². The molecule has 1 saturated heterocycles. The van der Waals surface area contributed by atoms with Crippen LogP contribution in [0.1, 0.15) is 18.4 Å². The third-order valence-corrected chi connectivity index (χ3v) is 5.27. The molecular weight excluding hydrogens is 366 g/mol. The second-order valence-corrected chi connectivity index (χ2v) is 7.21. The molecule has 150 valence electrons. The van der Waals surface area contributed by atoms with E-state index in [1.54, 1.807) is 22.0 Å². The largest absolute Gasteiger partial charge is 0.353 e. The van der Waals surface area contributed by atoms with Crippen molar-refractivity contribution in [2.45, 2.75) is 25.4 Å². The molecule has 3 heterocycles. The van der Waals surface area contributed by atoms with Crippen LogP contribution in [0.5, 0.6) is 0 Å². The Balaban J connectivity index is 1.34. The molecule has 1 aliphatic heterocycles. The van der Waals surface area contributed by atoms with Crippen molar-refractivity contribution in [3.8, 4) is 5.69 Å². The highest BCUT2D eigenvalue weighted by molar-refractivity contribution is 5.74. The van der Waals surface area contributed by atoms with Gasteiger partial charge in [0, 0.05) is 45.3 Å². The van der Waals surface area contributed by atoms with Crippen molar-refractivity contribution < 1.29 is 4.79 Å². The predicted octanol–water partition coefficient (Wildman–Crippen LogP) is 2.47. The fraction of sp³-hybridized carbons (Fsp3) is 0.333. The molecule has 0 saturated carbocycles. The van der Waals surface area contributed by atoms with Crippen LogP contribution in [0.3, 0.4) is 0 Å². The summed E-state index contributed by atoms with van der Waals surface area (Å²) in [5.74, 6) is 0.862.